The molecule has 0 bridgehead atoms. The monoisotopic (exact) mass is 1750 g/mol. The van der Waals surface area contributed by atoms with Crippen LogP contribution in [0.4, 0.5) is 0 Å². The smallest absolute Gasteiger partial charge is 0.0463 e. The van der Waals surface area contributed by atoms with Gasteiger partial charge in [-0.25, -0.2) is 0 Å². The lowest BCUT2D eigenvalue weighted by Gasteiger charge is -2.34. The molecule has 8 aliphatic rings. The highest BCUT2D eigenvalue weighted by Gasteiger charge is 2.47. The van der Waals surface area contributed by atoms with Crippen molar-refractivity contribution >= 4 is 0 Å². The van der Waals surface area contributed by atoms with Gasteiger partial charge in [-0.05, 0) is 378 Å². The largest absolute Gasteiger partial charge is 0.103 e. The summed E-state index contributed by atoms with van der Waals surface area (Å²) < 4.78 is 0. The molecule has 0 spiro atoms. The zero-order valence-electron chi connectivity index (χ0n) is 82.8. The Balaban J connectivity index is 0.000000121. The maximum absolute atomic E-state index is 3.87. The molecule has 0 unspecified atom stereocenters. The molecule has 0 nitrogen and oxygen atoms in total. The SMILES string of the molecule is C=CCCCCCCC1(CCCCCCC=C)c2cc(C)ccc2-c2ccc(C)cc21.Cc1ccc(C2(CCCCCc3ccc4c(c3)CC4)c3cc(C)ccc3-c3ccc(C)cc32)cc1.Cc1ccc2c(c1)C(C)(c1ccc3c(c1)CC3)c1cc(C)ccc1-2.Cc1ccc2c(c1)C(CCCCCCc1ccc3c(c1)CC3)(CCCCCCc1ccc3c(c1)CC3)c1cc(C)ccc1-2. The molecule has 0 saturated carbocycles. The summed E-state index contributed by atoms with van der Waals surface area (Å²) in [6, 6.07) is 95.2. The fourth-order valence-electron chi connectivity index (χ4n) is 25.0. The van der Waals surface area contributed by atoms with E-state index in [1.165, 1.54) is 357 Å². The van der Waals surface area contributed by atoms with Crippen LogP contribution in [0.15, 0.2) is 268 Å². The fourth-order valence-corrected chi connectivity index (χ4v) is 25.0. The van der Waals surface area contributed by atoms with Crippen molar-refractivity contribution in [3.63, 3.8) is 0 Å². The Morgan fingerprint density at radius 3 is 0.752 bits per heavy atom. The molecule has 0 amide bonds. The topological polar surface area (TPSA) is 0 Å². The van der Waals surface area contributed by atoms with Crippen molar-refractivity contribution in [1.82, 2.24) is 0 Å². The van der Waals surface area contributed by atoms with Gasteiger partial charge in [0, 0.05) is 21.7 Å². The number of benzene rings is 13. The minimum Gasteiger partial charge on any atom is -0.103 e. The van der Waals surface area contributed by atoms with E-state index in [4.69, 9.17) is 0 Å². The molecule has 0 fully saturated rings. The molecule has 0 radical (unpaired) electrons. The number of rotatable bonds is 36. The molecule has 133 heavy (non-hydrogen) atoms. The highest BCUT2D eigenvalue weighted by Crippen LogP contribution is 2.60. The van der Waals surface area contributed by atoms with Crippen molar-refractivity contribution in [2.24, 2.45) is 0 Å². The predicted molar refractivity (Wildman–Crippen MR) is 571 cm³/mol. The quantitative estimate of drug-likeness (QED) is 0.0271. The molecule has 0 saturated heterocycles. The molecule has 682 valence electrons. The zero-order valence-corrected chi connectivity index (χ0v) is 82.8. The van der Waals surface area contributed by atoms with Gasteiger partial charge in [-0.1, -0.05) is 395 Å². The molecule has 0 aliphatic heterocycles. The standard InChI is InChI=1S/C43H50.C35H36.C31H42.C24H22/c1-31-13-23-39-40-24-14-32(2)28-42(40)43(41(39)27-31,25-9-5-3-7-11-33-15-17-35-19-21-37(35)29-33)26-10-6-4-8-12-34-16-18-36-20-22-38(36)30-34;1-24-8-16-30(17-9-24)35(20-6-4-5-7-27-12-13-28-14-15-29(28)23-27)33-21-25(2)10-18-31(33)32-19-11-26(3)22-34(32)35;1-5-7-9-11-13-15-21-31(22-16-14-12-10-8-6-2)29-23-25(3)17-19-27(29)28-20-18-26(4)24-30(28)31;1-15-4-10-20-21-11-5-16(2)13-23(21)24(3,22(20)12-15)19-9-8-17-6-7-18(17)14-19/h13-18,23-24,27-30H,3-12,19-22,25-26H2,1-2H3;8-13,16-19,21-23H,4-7,14-15,20H2,1-3H3;5-6,17-20,23-24H,1-2,7-16,21-22H2,3-4H3;4-5,8-14H,6-7H2,1-3H3. The summed E-state index contributed by atoms with van der Waals surface area (Å²) in [7, 11) is 0. The first-order chi connectivity index (χ1) is 64.8. The van der Waals surface area contributed by atoms with Crippen LogP contribution in [-0.2, 0) is 92.3 Å². The molecular weight excluding hydrogens is 1600 g/mol. The van der Waals surface area contributed by atoms with Gasteiger partial charge in [-0.15, -0.1) is 13.2 Å². The Bertz CT molecular complexity index is 6070. The first-order valence-electron chi connectivity index (χ1n) is 52.5. The normalized spacial score (nSPS) is 14.9. The highest BCUT2D eigenvalue weighted by atomic mass is 14.5. The van der Waals surface area contributed by atoms with E-state index in [1.807, 2.05) is 0 Å². The summed E-state index contributed by atoms with van der Waals surface area (Å²) in [4.78, 5) is 0. The third-order valence-corrected chi connectivity index (χ3v) is 33.1. The molecule has 8 aliphatic carbocycles. The Morgan fingerprint density at radius 2 is 0.451 bits per heavy atom. The second-order valence-electron chi connectivity index (χ2n) is 42.6. The Kier molecular flexibility index (Phi) is 28.8. The summed E-state index contributed by atoms with van der Waals surface area (Å²) in [6.45, 7) is 30.3. The Hall–Kier alpha value is -10.7. The average Bonchev–Trinajstić information content (AvgIpc) is 1.55. The maximum atomic E-state index is 3.87. The lowest BCUT2D eigenvalue weighted by atomic mass is 9.68. The number of aryl methyl sites for hydroxylation is 20. The van der Waals surface area contributed by atoms with Crippen LogP contribution in [0, 0.1) is 62.3 Å². The minimum atomic E-state index is -0.0634. The van der Waals surface area contributed by atoms with Crippen LogP contribution < -0.4 is 0 Å². The van der Waals surface area contributed by atoms with Crippen LogP contribution in [0.2, 0.25) is 0 Å². The van der Waals surface area contributed by atoms with Crippen LogP contribution in [0.1, 0.15) is 341 Å². The summed E-state index contributed by atoms with van der Waals surface area (Å²) >= 11 is 0. The molecule has 0 N–H and O–H groups in total. The van der Waals surface area contributed by atoms with Crippen molar-refractivity contribution in [2.45, 2.75) is 328 Å². The van der Waals surface area contributed by atoms with Gasteiger partial charge in [0.2, 0.25) is 0 Å². The molecule has 0 heterocycles. The Labute approximate surface area is 802 Å². The lowest BCUT2D eigenvalue weighted by molar-refractivity contribution is 0.399. The number of unbranched alkanes of at least 4 members (excludes halogenated alkanes) is 16. The summed E-state index contributed by atoms with van der Waals surface area (Å²) in [6.07, 6.45) is 51.5. The minimum absolute atomic E-state index is 0.0483. The van der Waals surface area contributed by atoms with Crippen LogP contribution in [0.5, 0.6) is 0 Å². The van der Waals surface area contributed by atoms with Gasteiger partial charge < -0.3 is 0 Å². The first kappa shape index (κ1) is 92.8. The van der Waals surface area contributed by atoms with Gasteiger partial charge >= 0.3 is 0 Å². The first-order valence-corrected chi connectivity index (χ1v) is 52.5. The number of allylic oxidation sites excluding steroid dienone is 2. The van der Waals surface area contributed by atoms with Gasteiger partial charge in [0.25, 0.3) is 0 Å². The maximum Gasteiger partial charge on any atom is 0.0463 e. The summed E-state index contributed by atoms with van der Waals surface area (Å²) in [5, 5.41) is 0. The van der Waals surface area contributed by atoms with Crippen molar-refractivity contribution in [3.05, 3.63) is 435 Å². The number of fused-ring (bicyclic) bond motifs is 16. The summed E-state index contributed by atoms with van der Waals surface area (Å²) in [5.74, 6) is 0. The molecular formula is C133H150. The molecule has 13 aromatic carbocycles. The number of hydrogen-bond acceptors (Lipinski definition) is 0. The molecule has 21 rings (SSSR count). The molecule has 13 aromatic rings. The van der Waals surface area contributed by atoms with E-state index in [0.717, 1.165) is 19.3 Å². The van der Waals surface area contributed by atoms with Crippen LogP contribution >= 0.6 is 0 Å². The van der Waals surface area contributed by atoms with Gasteiger partial charge in [-0.3, -0.25) is 0 Å². The van der Waals surface area contributed by atoms with Gasteiger partial charge in [0.05, 0.1) is 0 Å². The second-order valence-corrected chi connectivity index (χ2v) is 42.6. The predicted octanol–water partition coefficient (Wildman–Crippen LogP) is 35.3. The highest BCUT2D eigenvalue weighted by molar-refractivity contribution is 5.87. The lowest BCUT2D eigenvalue weighted by Crippen LogP contribution is -2.27. The van der Waals surface area contributed by atoms with Crippen LogP contribution in [-0.4, -0.2) is 0 Å². The number of hydrogen-bond donors (Lipinski definition) is 0. The van der Waals surface area contributed by atoms with Gasteiger partial charge in [0.15, 0.2) is 0 Å². The van der Waals surface area contributed by atoms with Gasteiger partial charge in [0.1, 0.15) is 0 Å². The average molecular weight is 1750 g/mol. The second kappa shape index (κ2) is 41.3. The van der Waals surface area contributed by atoms with E-state index >= 15 is 0 Å². The van der Waals surface area contributed by atoms with Crippen molar-refractivity contribution < 1.29 is 0 Å². The van der Waals surface area contributed by atoms with Gasteiger partial charge in [-0.2, -0.15) is 0 Å². The van der Waals surface area contributed by atoms with E-state index < -0.39 is 0 Å². The van der Waals surface area contributed by atoms with E-state index in [9.17, 15) is 0 Å². The third-order valence-electron chi connectivity index (χ3n) is 33.1. The zero-order chi connectivity index (χ0) is 91.8. The van der Waals surface area contributed by atoms with Crippen molar-refractivity contribution in [3.8, 4) is 44.5 Å². The molecule has 0 aromatic heterocycles. The van der Waals surface area contributed by atoms with E-state index in [-0.39, 0.29) is 21.7 Å². The van der Waals surface area contributed by atoms with Crippen molar-refractivity contribution in [1.29, 1.82) is 0 Å². The van der Waals surface area contributed by atoms with E-state index in [2.05, 4.69) is 337 Å². The third kappa shape index (κ3) is 19.4. The fraction of sp³-hybridized carbons (Fsp3) is 0.383. The van der Waals surface area contributed by atoms with Crippen molar-refractivity contribution in [2.75, 3.05) is 0 Å². The van der Waals surface area contributed by atoms with E-state index in [1.54, 1.807) is 72.3 Å². The Morgan fingerprint density at radius 1 is 0.211 bits per heavy atom. The summed E-state index contributed by atoms with van der Waals surface area (Å²) in [5.41, 5.74) is 56.7. The molecule has 0 atom stereocenters. The van der Waals surface area contributed by atoms with Crippen LogP contribution in [0.3, 0.4) is 0 Å². The molecule has 0 heteroatoms. The van der Waals surface area contributed by atoms with E-state index in [0.29, 0.717) is 0 Å². The van der Waals surface area contributed by atoms with Crippen LogP contribution in [0.25, 0.3) is 44.5 Å².